The maximum absolute atomic E-state index is 14.2. The van der Waals surface area contributed by atoms with E-state index in [0.29, 0.717) is 13.0 Å². The summed E-state index contributed by atoms with van der Waals surface area (Å²) >= 11 is 0. The number of aliphatic carboxylic acids is 1. The van der Waals surface area contributed by atoms with Crippen molar-refractivity contribution >= 4 is 12.1 Å². The third-order valence-corrected chi connectivity index (χ3v) is 2.65. The number of ether oxygens (including phenoxy) is 1. The molecule has 1 fully saturated rings. The van der Waals surface area contributed by atoms with Crippen LogP contribution in [0.4, 0.5) is 9.18 Å². The van der Waals surface area contributed by atoms with Crippen LogP contribution in [0.3, 0.4) is 0 Å². The van der Waals surface area contributed by atoms with Gasteiger partial charge in [-0.25, -0.2) is 9.18 Å². The highest BCUT2D eigenvalue weighted by Crippen LogP contribution is 2.29. The largest absolute Gasteiger partial charge is 0.481 e. The van der Waals surface area contributed by atoms with E-state index in [1.165, 1.54) is 4.90 Å². The number of halogens is 1. The van der Waals surface area contributed by atoms with E-state index in [0.717, 1.165) is 0 Å². The third-order valence-electron chi connectivity index (χ3n) is 2.65. The molecule has 1 rings (SSSR count). The summed E-state index contributed by atoms with van der Waals surface area (Å²) in [5.74, 6) is -1.19. The second-order valence-corrected chi connectivity index (χ2v) is 5.73. The topological polar surface area (TPSA) is 66.8 Å². The van der Waals surface area contributed by atoms with Gasteiger partial charge in [-0.3, -0.25) is 4.79 Å². The summed E-state index contributed by atoms with van der Waals surface area (Å²) in [5, 5.41) is 8.67. The Hall–Kier alpha value is -1.33. The smallest absolute Gasteiger partial charge is 0.410 e. The van der Waals surface area contributed by atoms with Gasteiger partial charge in [0.2, 0.25) is 0 Å². The van der Waals surface area contributed by atoms with Crippen LogP contribution in [0, 0.1) is 0 Å². The summed E-state index contributed by atoms with van der Waals surface area (Å²) in [7, 11) is 0. The summed E-state index contributed by atoms with van der Waals surface area (Å²) in [6.07, 6.45) is -0.553. The molecule has 0 aromatic rings. The van der Waals surface area contributed by atoms with Gasteiger partial charge in [0.25, 0.3) is 0 Å². The van der Waals surface area contributed by atoms with Crippen molar-refractivity contribution in [2.24, 2.45) is 0 Å². The first-order chi connectivity index (χ1) is 8.11. The van der Waals surface area contributed by atoms with Crippen molar-refractivity contribution < 1.29 is 23.8 Å². The van der Waals surface area contributed by atoms with Crippen LogP contribution in [-0.2, 0) is 9.53 Å². The Balaban J connectivity index is 2.63. The van der Waals surface area contributed by atoms with Gasteiger partial charge < -0.3 is 14.7 Å². The molecule has 0 aromatic carbocycles. The van der Waals surface area contributed by atoms with Crippen molar-refractivity contribution in [3.05, 3.63) is 0 Å². The summed E-state index contributed by atoms with van der Waals surface area (Å²) in [4.78, 5) is 23.6. The Kier molecular flexibility index (Phi) is 4.19. The first kappa shape index (κ1) is 14.7. The molecule has 0 spiro atoms. The second kappa shape index (κ2) is 5.12. The number of alkyl halides is 1. The van der Waals surface area contributed by atoms with Crippen LogP contribution >= 0.6 is 0 Å². The lowest BCUT2D eigenvalue weighted by molar-refractivity contribution is -0.141. The molecule has 1 heterocycles. The van der Waals surface area contributed by atoms with Crippen LogP contribution in [0.15, 0.2) is 0 Å². The monoisotopic (exact) mass is 261 g/mol. The highest BCUT2D eigenvalue weighted by molar-refractivity contribution is 5.70. The molecule has 1 unspecified atom stereocenters. The number of carboxylic acids is 1. The molecular weight excluding hydrogens is 241 g/mol. The van der Waals surface area contributed by atoms with E-state index in [1.807, 2.05) is 0 Å². The van der Waals surface area contributed by atoms with Crippen molar-refractivity contribution in [2.45, 2.75) is 51.3 Å². The molecule has 1 amide bonds. The number of amides is 1. The lowest BCUT2D eigenvalue weighted by Gasteiger charge is -2.37. The number of carboxylic acid groups (broad SMARTS) is 1. The van der Waals surface area contributed by atoms with E-state index >= 15 is 0 Å². The molecule has 0 saturated carbocycles. The average molecular weight is 261 g/mol. The van der Waals surface area contributed by atoms with E-state index < -0.39 is 29.8 Å². The molecule has 104 valence electrons. The number of nitrogens with zero attached hydrogens (tertiary/aromatic N) is 1. The van der Waals surface area contributed by atoms with Crippen molar-refractivity contribution in [2.75, 3.05) is 13.1 Å². The fourth-order valence-corrected chi connectivity index (χ4v) is 1.98. The van der Waals surface area contributed by atoms with Crippen LogP contribution in [0.1, 0.15) is 40.0 Å². The van der Waals surface area contributed by atoms with Gasteiger partial charge in [-0.2, -0.15) is 0 Å². The molecule has 1 aliphatic rings. The molecule has 0 aromatic heterocycles. The predicted octanol–water partition coefficient (Wildman–Crippen LogP) is 2.20. The van der Waals surface area contributed by atoms with E-state index in [2.05, 4.69) is 0 Å². The molecule has 18 heavy (non-hydrogen) atoms. The van der Waals surface area contributed by atoms with Crippen molar-refractivity contribution in [3.8, 4) is 0 Å². The molecule has 0 aliphatic carbocycles. The lowest BCUT2D eigenvalue weighted by atomic mass is 9.92. The molecule has 1 aliphatic heterocycles. The minimum Gasteiger partial charge on any atom is -0.481 e. The standard InChI is InChI=1S/C12H20FNO4/c1-11(2,3)18-10(17)14-6-4-5-12(13,8-14)7-9(15)16/h4-8H2,1-3H3,(H,15,16). The Morgan fingerprint density at radius 2 is 2.06 bits per heavy atom. The molecule has 1 atom stereocenters. The van der Waals surface area contributed by atoms with Crippen LogP contribution in [0.5, 0.6) is 0 Å². The summed E-state index contributed by atoms with van der Waals surface area (Å²) in [6, 6.07) is 0. The predicted molar refractivity (Wildman–Crippen MR) is 63.1 cm³/mol. The van der Waals surface area contributed by atoms with Gasteiger partial charge in [0, 0.05) is 6.54 Å². The van der Waals surface area contributed by atoms with Gasteiger partial charge >= 0.3 is 12.1 Å². The fourth-order valence-electron chi connectivity index (χ4n) is 1.98. The number of carbonyl (C=O) groups excluding carboxylic acids is 1. The number of piperidine rings is 1. The molecule has 6 heteroatoms. The van der Waals surface area contributed by atoms with Crippen molar-refractivity contribution in [3.63, 3.8) is 0 Å². The number of hydrogen-bond acceptors (Lipinski definition) is 3. The van der Waals surface area contributed by atoms with Gasteiger partial charge in [0.05, 0.1) is 13.0 Å². The van der Waals surface area contributed by atoms with Gasteiger partial charge in [-0.05, 0) is 33.6 Å². The normalized spacial score (nSPS) is 24.8. The Morgan fingerprint density at radius 1 is 1.44 bits per heavy atom. The van der Waals surface area contributed by atoms with Crippen LogP contribution in [0.2, 0.25) is 0 Å². The molecule has 0 radical (unpaired) electrons. The third kappa shape index (κ3) is 4.50. The van der Waals surface area contributed by atoms with Crippen molar-refractivity contribution in [1.82, 2.24) is 4.90 Å². The summed E-state index contributed by atoms with van der Waals surface area (Å²) in [6.45, 7) is 5.38. The van der Waals surface area contributed by atoms with Gasteiger partial charge in [-0.15, -0.1) is 0 Å². The zero-order valence-corrected chi connectivity index (χ0v) is 11.0. The van der Waals surface area contributed by atoms with E-state index in [1.54, 1.807) is 20.8 Å². The highest BCUT2D eigenvalue weighted by atomic mass is 19.1. The first-order valence-electron chi connectivity index (χ1n) is 6.00. The zero-order valence-electron chi connectivity index (χ0n) is 11.0. The minimum atomic E-state index is -1.85. The Labute approximate surface area is 106 Å². The van der Waals surface area contributed by atoms with Crippen LogP contribution < -0.4 is 0 Å². The van der Waals surface area contributed by atoms with Crippen LogP contribution in [0.25, 0.3) is 0 Å². The van der Waals surface area contributed by atoms with Crippen molar-refractivity contribution in [1.29, 1.82) is 0 Å². The van der Waals surface area contributed by atoms with E-state index in [-0.39, 0.29) is 13.0 Å². The SMILES string of the molecule is CC(C)(C)OC(=O)N1CCCC(F)(CC(=O)O)C1. The van der Waals surface area contributed by atoms with Gasteiger partial charge in [0.15, 0.2) is 0 Å². The molecule has 0 bridgehead atoms. The summed E-state index contributed by atoms with van der Waals surface area (Å²) in [5.41, 5.74) is -2.48. The van der Waals surface area contributed by atoms with E-state index in [4.69, 9.17) is 9.84 Å². The van der Waals surface area contributed by atoms with E-state index in [9.17, 15) is 14.0 Å². The number of carbonyl (C=O) groups is 2. The zero-order chi connectivity index (χ0) is 14.0. The second-order valence-electron chi connectivity index (χ2n) is 5.73. The van der Waals surface area contributed by atoms with Gasteiger partial charge in [-0.1, -0.05) is 0 Å². The Bertz CT molecular complexity index is 339. The first-order valence-corrected chi connectivity index (χ1v) is 6.00. The maximum atomic E-state index is 14.2. The quantitative estimate of drug-likeness (QED) is 0.827. The minimum absolute atomic E-state index is 0.165. The molecule has 1 saturated heterocycles. The fraction of sp³-hybridized carbons (Fsp3) is 0.833. The Morgan fingerprint density at radius 3 is 2.56 bits per heavy atom. The van der Waals surface area contributed by atoms with Crippen LogP contribution in [-0.4, -0.2) is 46.4 Å². The number of hydrogen-bond donors (Lipinski definition) is 1. The molecular formula is C12H20FNO4. The lowest BCUT2D eigenvalue weighted by Crippen LogP contribution is -2.50. The number of likely N-dealkylation sites (tertiary alicyclic amines) is 1. The average Bonchev–Trinajstić information content (AvgIpc) is 2.12. The van der Waals surface area contributed by atoms with Gasteiger partial charge in [0.1, 0.15) is 11.3 Å². The number of rotatable bonds is 2. The highest BCUT2D eigenvalue weighted by Gasteiger charge is 2.40. The molecule has 1 N–H and O–H groups in total. The summed E-state index contributed by atoms with van der Waals surface area (Å²) < 4.78 is 19.4. The molecule has 5 nitrogen and oxygen atoms in total. The maximum Gasteiger partial charge on any atom is 0.410 e.